The minimum atomic E-state index is -0.199. The van der Waals surface area contributed by atoms with Crippen LogP contribution in [0.5, 0.6) is 0 Å². The molecule has 0 radical (unpaired) electrons. The molecule has 0 atom stereocenters. The molecule has 0 amide bonds. The van der Waals surface area contributed by atoms with Crippen molar-refractivity contribution < 1.29 is 4.74 Å². The smallest absolute Gasteiger partial charge is 0.127 e. The van der Waals surface area contributed by atoms with Crippen molar-refractivity contribution in [2.24, 2.45) is 0 Å². The van der Waals surface area contributed by atoms with Crippen LogP contribution in [0.15, 0.2) is 43.0 Å². The average Bonchev–Trinajstić information content (AvgIpc) is 2.39. The Hall–Kier alpha value is -1.50. The van der Waals surface area contributed by atoms with Gasteiger partial charge in [0.05, 0.1) is 0 Å². The van der Waals surface area contributed by atoms with Crippen LogP contribution in [0.25, 0.3) is 5.76 Å². The highest BCUT2D eigenvalue weighted by atomic mass is 16.5. The first-order chi connectivity index (χ1) is 8.98. The number of hydrogen-bond donors (Lipinski definition) is 0. The van der Waals surface area contributed by atoms with E-state index in [4.69, 9.17) is 4.74 Å². The highest BCUT2D eigenvalue weighted by molar-refractivity contribution is 5.64. The Morgan fingerprint density at radius 2 is 1.79 bits per heavy atom. The zero-order chi connectivity index (χ0) is 14.9. The Bertz CT molecular complexity index is 408. The molecule has 0 bridgehead atoms. The van der Waals surface area contributed by atoms with Gasteiger partial charge in [-0.25, -0.2) is 0 Å². The second-order valence-corrected chi connectivity index (χ2v) is 4.99. The van der Waals surface area contributed by atoms with Gasteiger partial charge in [0.25, 0.3) is 0 Å². The van der Waals surface area contributed by atoms with E-state index in [1.165, 1.54) is 5.56 Å². The number of rotatable bonds is 4. The Labute approximate surface area is 119 Å². The van der Waals surface area contributed by atoms with Gasteiger partial charge in [0.2, 0.25) is 0 Å². The lowest BCUT2D eigenvalue weighted by molar-refractivity contribution is 0.0969. The average molecular weight is 260 g/mol. The molecule has 1 rings (SSSR count). The summed E-state index contributed by atoms with van der Waals surface area (Å²) < 4.78 is 6.00. The standard InChI is InChI=1S/C16H22O.C2H6/c1-6-10-15(17-16(3,4)5)14-12-9-8-11-13(14)7-2;1-2/h6,8-12H,1,7H2,2-5H3;1-2H3/b15-10+;. The minimum Gasteiger partial charge on any atom is -0.488 e. The molecule has 0 aliphatic heterocycles. The molecule has 0 aliphatic rings. The highest BCUT2D eigenvalue weighted by Gasteiger charge is 2.16. The maximum Gasteiger partial charge on any atom is 0.127 e. The van der Waals surface area contributed by atoms with Gasteiger partial charge < -0.3 is 4.74 Å². The lowest BCUT2D eigenvalue weighted by Gasteiger charge is -2.24. The van der Waals surface area contributed by atoms with Crippen molar-refractivity contribution in [1.29, 1.82) is 0 Å². The fourth-order valence-electron chi connectivity index (χ4n) is 1.68. The summed E-state index contributed by atoms with van der Waals surface area (Å²) in [6.45, 7) is 16.1. The van der Waals surface area contributed by atoms with Gasteiger partial charge in [-0.1, -0.05) is 57.7 Å². The van der Waals surface area contributed by atoms with Crippen LogP contribution in [0.1, 0.15) is 52.7 Å². The third-order valence-electron chi connectivity index (χ3n) is 2.35. The summed E-state index contributed by atoms with van der Waals surface area (Å²) in [5.41, 5.74) is 2.25. The molecule has 0 aromatic heterocycles. The summed E-state index contributed by atoms with van der Waals surface area (Å²) in [6.07, 6.45) is 4.70. The first-order valence-electron chi connectivity index (χ1n) is 7.08. The molecule has 0 saturated heterocycles. The Morgan fingerprint density at radius 3 is 2.26 bits per heavy atom. The van der Waals surface area contributed by atoms with Crippen LogP contribution >= 0.6 is 0 Å². The zero-order valence-electron chi connectivity index (χ0n) is 13.3. The van der Waals surface area contributed by atoms with Crippen LogP contribution in [-0.2, 0) is 11.2 Å². The van der Waals surface area contributed by atoms with E-state index in [9.17, 15) is 0 Å². The van der Waals surface area contributed by atoms with E-state index in [-0.39, 0.29) is 5.60 Å². The summed E-state index contributed by atoms with van der Waals surface area (Å²) in [5, 5.41) is 0. The molecule has 0 fully saturated rings. The van der Waals surface area contributed by atoms with Crippen molar-refractivity contribution in [3.8, 4) is 0 Å². The van der Waals surface area contributed by atoms with E-state index in [0.717, 1.165) is 17.7 Å². The van der Waals surface area contributed by atoms with Gasteiger partial charge in [-0.3, -0.25) is 0 Å². The SMILES string of the molecule is C=C/C=C(/OC(C)(C)C)c1ccccc1CC.CC. The molecule has 0 aliphatic carbocycles. The molecular weight excluding hydrogens is 232 g/mol. The Balaban J connectivity index is 0.00000154. The van der Waals surface area contributed by atoms with Crippen molar-refractivity contribution in [3.05, 3.63) is 54.1 Å². The van der Waals surface area contributed by atoms with Crippen LogP contribution in [0.4, 0.5) is 0 Å². The summed E-state index contributed by atoms with van der Waals surface area (Å²) in [5.74, 6) is 0.893. The summed E-state index contributed by atoms with van der Waals surface area (Å²) in [7, 11) is 0. The van der Waals surface area contributed by atoms with Crippen molar-refractivity contribution in [3.63, 3.8) is 0 Å². The second kappa shape index (κ2) is 8.58. The van der Waals surface area contributed by atoms with Crippen LogP contribution in [0, 0.1) is 0 Å². The maximum atomic E-state index is 6.00. The predicted octanol–water partition coefficient (Wildman–Crippen LogP) is 5.62. The summed E-state index contributed by atoms with van der Waals surface area (Å²) >= 11 is 0. The van der Waals surface area contributed by atoms with E-state index in [0.29, 0.717) is 0 Å². The molecule has 0 heterocycles. The molecule has 1 nitrogen and oxygen atoms in total. The molecular formula is C18H28O. The molecule has 0 spiro atoms. The van der Waals surface area contributed by atoms with E-state index in [1.807, 2.05) is 26.0 Å². The first kappa shape index (κ1) is 17.5. The summed E-state index contributed by atoms with van der Waals surface area (Å²) in [6, 6.07) is 8.33. The van der Waals surface area contributed by atoms with E-state index < -0.39 is 0 Å². The summed E-state index contributed by atoms with van der Waals surface area (Å²) in [4.78, 5) is 0. The monoisotopic (exact) mass is 260 g/mol. The van der Waals surface area contributed by atoms with Gasteiger partial charge in [0, 0.05) is 5.56 Å². The van der Waals surface area contributed by atoms with Crippen molar-refractivity contribution >= 4 is 5.76 Å². The number of ether oxygens (including phenoxy) is 1. The quantitative estimate of drug-likeness (QED) is 0.504. The lowest BCUT2D eigenvalue weighted by atomic mass is 10.0. The van der Waals surface area contributed by atoms with Crippen molar-refractivity contribution in [2.45, 2.75) is 53.6 Å². The number of allylic oxidation sites excluding steroid dienone is 2. The molecule has 1 heteroatoms. The predicted molar refractivity (Wildman–Crippen MR) is 86.2 cm³/mol. The molecule has 1 aromatic rings. The lowest BCUT2D eigenvalue weighted by Crippen LogP contribution is -2.18. The molecule has 0 saturated carbocycles. The number of aryl methyl sites for hydroxylation is 1. The van der Waals surface area contributed by atoms with Crippen LogP contribution in [0.2, 0.25) is 0 Å². The normalized spacial score (nSPS) is 11.4. The van der Waals surface area contributed by atoms with E-state index >= 15 is 0 Å². The van der Waals surface area contributed by atoms with Gasteiger partial charge in [-0.05, 0) is 38.8 Å². The third kappa shape index (κ3) is 6.28. The minimum absolute atomic E-state index is 0.199. The fraction of sp³-hybridized carbons (Fsp3) is 0.444. The highest BCUT2D eigenvalue weighted by Crippen LogP contribution is 2.26. The topological polar surface area (TPSA) is 9.23 Å². The van der Waals surface area contributed by atoms with Gasteiger partial charge >= 0.3 is 0 Å². The molecule has 1 aromatic carbocycles. The molecule has 0 N–H and O–H groups in total. The van der Waals surface area contributed by atoms with Crippen LogP contribution in [0.3, 0.4) is 0 Å². The number of hydrogen-bond acceptors (Lipinski definition) is 1. The van der Waals surface area contributed by atoms with Crippen LogP contribution < -0.4 is 0 Å². The first-order valence-corrected chi connectivity index (χ1v) is 7.08. The molecule has 19 heavy (non-hydrogen) atoms. The number of benzene rings is 1. The van der Waals surface area contributed by atoms with Crippen molar-refractivity contribution in [2.75, 3.05) is 0 Å². The largest absolute Gasteiger partial charge is 0.488 e. The van der Waals surface area contributed by atoms with Gasteiger partial charge in [-0.2, -0.15) is 0 Å². The zero-order valence-corrected chi connectivity index (χ0v) is 13.3. The molecule has 106 valence electrons. The third-order valence-corrected chi connectivity index (χ3v) is 2.35. The fourth-order valence-corrected chi connectivity index (χ4v) is 1.68. The van der Waals surface area contributed by atoms with Gasteiger partial charge in [0.15, 0.2) is 0 Å². The van der Waals surface area contributed by atoms with Crippen LogP contribution in [-0.4, -0.2) is 5.60 Å². The Morgan fingerprint density at radius 1 is 1.21 bits per heavy atom. The molecule has 0 unspecified atom stereocenters. The maximum absolute atomic E-state index is 6.00. The Kier molecular flexibility index (Phi) is 7.90. The van der Waals surface area contributed by atoms with Crippen molar-refractivity contribution in [1.82, 2.24) is 0 Å². The second-order valence-electron chi connectivity index (χ2n) is 4.99. The van der Waals surface area contributed by atoms with E-state index in [1.54, 1.807) is 6.08 Å². The van der Waals surface area contributed by atoms with Gasteiger partial charge in [0.1, 0.15) is 11.4 Å². The van der Waals surface area contributed by atoms with Gasteiger partial charge in [-0.15, -0.1) is 0 Å². The van der Waals surface area contributed by atoms with E-state index in [2.05, 4.69) is 52.5 Å².